The van der Waals surface area contributed by atoms with Crippen LogP contribution >= 0.6 is 50.8 Å². The molecule has 108 valence electrons. The summed E-state index contributed by atoms with van der Waals surface area (Å²) in [4.78, 5) is 1.48. The summed E-state index contributed by atoms with van der Waals surface area (Å²) in [6, 6.07) is 5.02. The van der Waals surface area contributed by atoms with Gasteiger partial charge in [-0.2, -0.15) is 23.5 Å². The highest BCUT2D eigenvalue weighted by Gasteiger charge is 2.31. The molecule has 4 unspecified atom stereocenters. The number of nitrogens with one attached hydrogen (secondary N) is 1. The van der Waals surface area contributed by atoms with Crippen molar-refractivity contribution in [3.63, 3.8) is 0 Å². The molecule has 2 heterocycles. The summed E-state index contributed by atoms with van der Waals surface area (Å²) >= 11 is 9.75. The summed E-state index contributed by atoms with van der Waals surface area (Å²) < 4.78 is 1.24. The summed E-state index contributed by atoms with van der Waals surface area (Å²) in [6.07, 6.45) is 1.16. The van der Waals surface area contributed by atoms with Gasteiger partial charge in [0.1, 0.15) is 0 Å². The van der Waals surface area contributed by atoms with Crippen LogP contribution in [0.5, 0.6) is 0 Å². The Balaban J connectivity index is 1.99. The summed E-state index contributed by atoms with van der Waals surface area (Å²) in [5.74, 6) is 1.28. The lowest BCUT2D eigenvalue weighted by Gasteiger charge is -2.36. The summed E-state index contributed by atoms with van der Waals surface area (Å²) in [5.41, 5.74) is 0. The van der Waals surface area contributed by atoms with E-state index in [2.05, 4.69) is 77.7 Å². The SMILES string of the molecule is CCNC(Cc1ccc(Br)s1)C1CSC(C)C(C)S1. The van der Waals surface area contributed by atoms with Crippen LogP contribution in [-0.2, 0) is 6.42 Å². The number of thiophene rings is 1. The van der Waals surface area contributed by atoms with Gasteiger partial charge in [0.2, 0.25) is 0 Å². The number of hydrogen-bond acceptors (Lipinski definition) is 4. The van der Waals surface area contributed by atoms with E-state index in [9.17, 15) is 0 Å². The van der Waals surface area contributed by atoms with Crippen molar-refractivity contribution in [3.05, 3.63) is 20.8 Å². The van der Waals surface area contributed by atoms with Gasteiger partial charge in [-0.15, -0.1) is 11.3 Å². The summed E-state index contributed by atoms with van der Waals surface area (Å²) in [5, 5.41) is 5.99. The zero-order chi connectivity index (χ0) is 13.8. The molecule has 1 aromatic rings. The topological polar surface area (TPSA) is 12.0 Å². The molecule has 0 bridgehead atoms. The van der Waals surface area contributed by atoms with Gasteiger partial charge in [-0.1, -0.05) is 20.8 Å². The van der Waals surface area contributed by atoms with Gasteiger partial charge in [0.05, 0.1) is 3.79 Å². The maximum Gasteiger partial charge on any atom is 0.0701 e. The van der Waals surface area contributed by atoms with Gasteiger partial charge in [0.15, 0.2) is 0 Å². The third kappa shape index (κ3) is 4.67. The van der Waals surface area contributed by atoms with E-state index < -0.39 is 0 Å². The molecule has 5 heteroatoms. The van der Waals surface area contributed by atoms with Crippen molar-refractivity contribution in [2.45, 2.75) is 49.0 Å². The van der Waals surface area contributed by atoms with Crippen molar-refractivity contribution in [1.29, 1.82) is 0 Å². The summed E-state index contributed by atoms with van der Waals surface area (Å²) in [6.45, 7) is 8.00. The van der Waals surface area contributed by atoms with E-state index >= 15 is 0 Å². The standard InChI is InChI=1S/C14H22BrNS3/c1-4-16-12(7-11-5-6-14(15)19-11)13-8-17-9(2)10(3)18-13/h5-6,9-10,12-13,16H,4,7-8H2,1-3H3. The molecule has 0 aliphatic carbocycles. The Morgan fingerprint density at radius 3 is 2.74 bits per heavy atom. The van der Waals surface area contributed by atoms with Crippen LogP contribution in [0.1, 0.15) is 25.6 Å². The Labute approximate surface area is 137 Å². The highest BCUT2D eigenvalue weighted by molar-refractivity contribution is 9.11. The van der Waals surface area contributed by atoms with Crippen molar-refractivity contribution in [3.8, 4) is 0 Å². The highest BCUT2D eigenvalue weighted by Crippen LogP contribution is 2.38. The van der Waals surface area contributed by atoms with Crippen LogP contribution < -0.4 is 5.32 Å². The monoisotopic (exact) mass is 379 g/mol. The molecule has 1 fully saturated rings. The Kier molecular flexibility index (Phi) is 6.60. The fourth-order valence-electron chi connectivity index (χ4n) is 2.29. The fourth-order valence-corrected chi connectivity index (χ4v) is 6.97. The van der Waals surface area contributed by atoms with E-state index in [1.807, 2.05) is 11.3 Å². The number of likely N-dealkylation sites (N-methyl/N-ethyl adjacent to an activating group) is 1. The van der Waals surface area contributed by atoms with Crippen molar-refractivity contribution in [1.82, 2.24) is 5.32 Å². The number of hydrogen-bond donors (Lipinski definition) is 1. The first-order valence-corrected chi connectivity index (χ1v) is 10.4. The van der Waals surface area contributed by atoms with E-state index in [0.717, 1.165) is 28.7 Å². The largest absolute Gasteiger partial charge is 0.313 e. The molecule has 1 nitrogen and oxygen atoms in total. The lowest BCUT2D eigenvalue weighted by Crippen LogP contribution is -2.44. The Bertz CT molecular complexity index is 396. The minimum atomic E-state index is 0.600. The Morgan fingerprint density at radius 2 is 2.16 bits per heavy atom. The van der Waals surface area contributed by atoms with E-state index in [0.29, 0.717) is 6.04 Å². The minimum absolute atomic E-state index is 0.600. The van der Waals surface area contributed by atoms with Crippen LogP contribution in [-0.4, -0.2) is 34.1 Å². The predicted octanol–water partition coefficient (Wildman–Crippen LogP) is 4.66. The van der Waals surface area contributed by atoms with Crippen LogP contribution in [0, 0.1) is 0 Å². The second-order valence-electron chi connectivity index (χ2n) is 4.99. The van der Waals surface area contributed by atoms with E-state index in [-0.39, 0.29) is 0 Å². The molecule has 2 rings (SSSR count). The van der Waals surface area contributed by atoms with Crippen molar-refractivity contribution in [2.75, 3.05) is 12.3 Å². The van der Waals surface area contributed by atoms with Crippen LogP contribution in [0.15, 0.2) is 15.9 Å². The smallest absolute Gasteiger partial charge is 0.0701 e. The molecule has 0 saturated carbocycles. The van der Waals surface area contributed by atoms with Gasteiger partial charge in [-0.25, -0.2) is 0 Å². The van der Waals surface area contributed by atoms with Crippen molar-refractivity contribution < 1.29 is 0 Å². The zero-order valence-electron chi connectivity index (χ0n) is 11.7. The highest BCUT2D eigenvalue weighted by atomic mass is 79.9. The third-order valence-electron chi connectivity index (χ3n) is 3.54. The van der Waals surface area contributed by atoms with E-state index in [1.165, 1.54) is 14.4 Å². The molecule has 0 amide bonds. The van der Waals surface area contributed by atoms with Gasteiger partial charge in [-0.3, -0.25) is 0 Å². The number of rotatable bonds is 5. The van der Waals surface area contributed by atoms with Crippen LogP contribution in [0.3, 0.4) is 0 Å². The van der Waals surface area contributed by atoms with Gasteiger partial charge in [0, 0.05) is 32.4 Å². The second kappa shape index (κ2) is 7.74. The Morgan fingerprint density at radius 1 is 1.37 bits per heavy atom. The van der Waals surface area contributed by atoms with Gasteiger partial charge >= 0.3 is 0 Å². The number of halogens is 1. The normalized spacial score (nSPS) is 29.4. The third-order valence-corrected chi connectivity index (χ3v) is 8.74. The first-order chi connectivity index (χ1) is 9.10. The molecular weight excluding hydrogens is 358 g/mol. The molecule has 1 aromatic heterocycles. The van der Waals surface area contributed by atoms with E-state index in [1.54, 1.807) is 0 Å². The van der Waals surface area contributed by atoms with Gasteiger partial charge in [-0.05, 0) is 41.0 Å². The molecule has 19 heavy (non-hydrogen) atoms. The molecule has 1 aliphatic heterocycles. The molecule has 0 spiro atoms. The van der Waals surface area contributed by atoms with E-state index in [4.69, 9.17) is 0 Å². The molecule has 1 aliphatic rings. The Hall–Kier alpha value is 0.840. The first kappa shape index (κ1) is 16.2. The van der Waals surface area contributed by atoms with Gasteiger partial charge in [0.25, 0.3) is 0 Å². The maximum atomic E-state index is 3.70. The van der Waals surface area contributed by atoms with Crippen LogP contribution in [0.2, 0.25) is 0 Å². The van der Waals surface area contributed by atoms with Crippen molar-refractivity contribution in [2.24, 2.45) is 0 Å². The minimum Gasteiger partial charge on any atom is -0.313 e. The zero-order valence-corrected chi connectivity index (χ0v) is 15.7. The average molecular weight is 380 g/mol. The maximum absolute atomic E-state index is 3.70. The van der Waals surface area contributed by atoms with Crippen LogP contribution in [0.25, 0.3) is 0 Å². The van der Waals surface area contributed by atoms with Crippen LogP contribution in [0.4, 0.5) is 0 Å². The molecule has 0 aromatic carbocycles. The molecule has 0 radical (unpaired) electrons. The molecule has 1 saturated heterocycles. The predicted molar refractivity (Wildman–Crippen MR) is 95.9 cm³/mol. The fraction of sp³-hybridized carbons (Fsp3) is 0.714. The first-order valence-electron chi connectivity index (χ1n) is 6.84. The van der Waals surface area contributed by atoms with Crippen molar-refractivity contribution >= 4 is 50.8 Å². The lowest BCUT2D eigenvalue weighted by atomic mass is 10.1. The molecule has 4 atom stereocenters. The number of thioether (sulfide) groups is 2. The van der Waals surface area contributed by atoms with Gasteiger partial charge < -0.3 is 5.32 Å². The summed E-state index contributed by atoms with van der Waals surface area (Å²) in [7, 11) is 0. The molecule has 1 N–H and O–H groups in total. The lowest BCUT2D eigenvalue weighted by molar-refractivity contribution is 0.523. The quantitative estimate of drug-likeness (QED) is 0.798. The molecular formula is C14H22BrNS3. The average Bonchev–Trinajstić information content (AvgIpc) is 2.78. The second-order valence-corrected chi connectivity index (χ2v) is 10.6.